The number of carbonyl (C=O) groups is 2. The van der Waals surface area contributed by atoms with E-state index in [0.29, 0.717) is 35.5 Å². The van der Waals surface area contributed by atoms with Crippen LogP contribution < -0.4 is 11.1 Å². The third-order valence-corrected chi connectivity index (χ3v) is 4.47. The molecule has 2 aromatic rings. The van der Waals surface area contributed by atoms with Crippen LogP contribution in [0, 0.1) is 0 Å². The molecule has 0 saturated heterocycles. The lowest BCUT2D eigenvalue weighted by atomic mass is 10.2. The number of aliphatic imine (C=N–C) groups is 1. The molecule has 0 saturated carbocycles. The second-order valence-electron chi connectivity index (χ2n) is 6.08. The molecular formula is C17H18F3N7O4S. The Morgan fingerprint density at radius 1 is 1.31 bits per heavy atom. The molecule has 0 aliphatic heterocycles. The van der Waals surface area contributed by atoms with Gasteiger partial charge < -0.3 is 26.2 Å². The van der Waals surface area contributed by atoms with Gasteiger partial charge in [-0.1, -0.05) is 11.8 Å². The molecule has 0 spiro atoms. The number of guanidine groups is 1. The van der Waals surface area contributed by atoms with E-state index in [2.05, 4.69) is 30.2 Å². The first-order valence-corrected chi connectivity index (χ1v) is 9.84. The number of alkyl halides is 3. The zero-order chi connectivity index (χ0) is 23.7. The number of hydrogen-bond donors (Lipinski definition) is 5. The number of rotatable bonds is 10. The van der Waals surface area contributed by atoms with Gasteiger partial charge in [-0.3, -0.25) is 0 Å². The summed E-state index contributed by atoms with van der Waals surface area (Å²) in [4.78, 5) is 39.9. The third-order valence-electron chi connectivity index (χ3n) is 3.52. The number of halogens is 3. The number of carboxylic acids is 2. The number of imidazole rings is 1. The van der Waals surface area contributed by atoms with Crippen molar-refractivity contribution in [2.75, 3.05) is 17.6 Å². The molecule has 172 valence electrons. The highest BCUT2D eigenvalue weighted by atomic mass is 32.2. The molecule has 2 aromatic heterocycles. The van der Waals surface area contributed by atoms with Crippen LogP contribution in [0.4, 0.5) is 19.0 Å². The first-order valence-electron chi connectivity index (χ1n) is 8.85. The Labute approximate surface area is 183 Å². The number of thioether (sulfide) groups is 1. The summed E-state index contributed by atoms with van der Waals surface area (Å²) in [6.07, 6.45) is 0.0409. The summed E-state index contributed by atoms with van der Waals surface area (Å²) in [5.74, 6) is -2.55. The average molecular weight is 473 g/mol. The van der Waals surface area contributed by atoms with Gasteiger partial charge in [0.25, 0.3) is 0 Å². The first-order chi connectivity index (χ1) is 15.0. The number of carboxylic acid groups (broad SMARTS) is 2. The van der Waals surface area contributed by atoms with Crippen molar-refractivity contribution in [3.05, 3.63) is 36.1 Å². The highest BCUT2D eigenvalue weighted by molar-refractivity contribution is 7.99. The number of nitrogens with one attached hydrogen (secondary N) is 2. The van der Waals surface area contributed by atoms with Crippen LogP contribution in [0.15, 0.2) is 34.7 Å². The van der Waals surface area contributed by atoms with Gasteiger partial charge in [0.2, 0.25) is 0 Å². The van der Waals surface area contributed by atoms with Gasteiger partial charge in [0.15, 0.2) is 11.1 Å². The van der Waals surface area contributed by atoms with Gasteiger partial charge in [-0.15, -0.1) is 0 Å². The van der Waals surface area contributed by atoms with Gasteiger partial charge in [-0.2, -0.15) is 13.2 Å². The Hall–Kier alpha value is -3.62. The number of nitrogens with zero attached hydrogens (tertiary/aromatic N) is 4. The zero-order valence-corrected chi connectivity index (χ0v) is 17.1. The summed E-state index contributed by atoms with van der Waals surface area (Å²) in [5.41, 5.74) is 5.56. The number of aliphatic carboxylic acids is 2. The smallest absolute Gasteiger partial charge is 0.408 e. The van der Waals surface area contributed by atoms with Crippen molar-refractivity contribution in [3.63, 3.8) is 0 Å². The van der Waals surface area contributed by atoms with Crippen LogP contribution in [-0.4, -0.2) is 66.5 Å². The second-order valence-corrected chi connectivity index (χ2v) is 7.14. The number of hydrogen-bond acceptors (Lipinski definition) is 7. The highest BCUT2D eigenvalue weighted by Crippen LogP contribution is 2.18. The summed E-state index contributed by atoms with van der Waals surface area (Å²) in [6.45, 7) is -1.41. The van der Waals surface area contributed by atoms with Crippen LogP contribution in [0.5, 0.6) is 0 Å². The fourth-order valence-corrected chi connectivity index (χ4v) is 3.00. The molecule has 0 radical (unpaired) electrons. The van der Waals surface area contributed by atoms with Crippen LogP contribution in [-0.2, 0) is 16.0 Å². The molecule has 15 heteroatoms. The Bertz CT molecular complexity index is 1020. The van der Waals surface area contributed by atoms with Crippen molar-refractivity contribution in [3.8, 4) is 0 Å². The van der Waals surface area contributed by atoms with E-state index in [1.54, 1.807) is 0 Å². The molecule has 0 bridgehead atoms. The van der Waals surface area contributed by atoms with Gasteiger partial charge in [-0.25, -0.2) is 29.5 Å². The van der Waals surface area contributed by atoms with Gasteiger partial charge in [0, 0.05) is 29.9 Å². The van der Waals surface area contributed by atoms with E-state index in [4.69, 9.17) is 15.9 Å². The molecule has 0 amide bonds. The number of nitrogens with two attached hydrogens (primary N) is 1. The molecule has 0 unspecified atom stereocenters. The molecule has 2 heterocycles. The molecule has 6 N–H and O–H groups in total. The molecular weight excluding hydrogens is 455 g/mol. The maximum atomic E-state index is 12.2. The quantitative estimate of drug-likeness (QED) is 0.0852. The van der Waals surface area contributed by atoms with Crippen LogP contribution in [0.1, 0.15) is 17.9 Å². The van der Waals surface area contributed by atoms with Gasteiger partial charge in [-0.05, 0) is 18.9 Å². The van der Waals surface area contributed by atoms with Gasteiger partial charge in [0.05, 0.1) is 0 Å². The van der Waals surface area contributed by atoms with Crippen molar-refractivity contribution in [2.24, 2.45) is 10.7 Å². The van der Waals surface area contributed by atoms with E-state index in [1.165, 1.54) is 30.2 Å². The largest absolute Gasteiger partial charge is 0.478 e. The van der Waals surface area contributed by atoms with E-state index < -0.39 is 36.2 Å². The van der Waals surface area contributed by atoms with E-state index >= 15 is 0 Å². The summed E-state index contributed by atoms with van der Waals surface area (Å²) < 4.78 is 36.5. The van der Waals surface area contributed by atoms with Crippen LogP contribution in [0.3, 0.4) is 0 Å². The lowest BCUT2D eigenvalue weighted by Gasteiger charge is -2.07. The summed E-state index contributed by atoms with van der Waals surface area (Å²) in [5, 5.41) is 20.7. The maximum absolute atomic E-state index is 12.2. The van der Waals surface area contributed by atoms with Crippen LogP contribution >= 0.6 is 11.8 Å². The van der Waals surface area contributed by atoms with Gasteiger partial charge >= 0.3 is 18.1 Å². The zero-order valence-electron chi connectivity index (χ0n) is 16.3. The van der Waals surface area contributed by atoms with Crippen molar-refractivity contribution >= 4 is 41.1 Å². The minimum absolute atomic E-state index is 0.0607. The molecule has 0 aromatic carbocycles. The Kier molecular flexibility index (Phi) is 8.57. The third kappa shape index (κ3) is 8.63. The number of H-pyrrole nitrogens is 1. The Morgan fingerprint density at radius 3 is 2.72 bits per heavy atom. The van der Waals surface area contributed by atoms with E-state index in [9.17, 15) is 22.8 Å². The molecule has 32 heavy (non-hydrogen) atoms. The Morgan fingerprint density at radius 2 is 2.06 bits per heavy atom. The van der Waals surface area contributed by atoms with Crippen molar-refractivity contribution < 1.29 is 33.0 Å². The molecule has 11 nitrogen and oxygen atoms in total. The normalized spacial score (nSPS) is 12.6. The SMILES string of the molecule is NC(=NCC(F)(F)F)Nc1ccnc(SCCCc2cnc(/C(=C/C(=O)O)C(=O)O)[nH]2)n1. The van der Waals surface area contributed by atoms with E-state index in [0.717, 1.165) is 0 Å². The molecule has 0 fully saturated rings. The lowest BCUT2D eigenvalue weighted by molar-refractivity contribution is -0.133. The summed E-state index contributed by atoms with van der Waals surface area (Å²) in [7, 11) is 0. The lowest BCUT2D eigenvalue weighted by Crippen LogP contribution is -2.26. The fourth-order valence-electron chi connectivity index (χ4n) is 2.23. The van der Waals surface area contributed by atoms with Gasteiger partial charge in [0.1, 0.15) is 23.8 Å². The Balaban J connectivity index is 1.86. The maximum Gasteiger partial charge on any atom is 0.408 e. The first kappa shape index (κ1) is 24.6. The minimum atomic E-state index is -4.46. The van der Waals surface area contributed by atoms with Crippen molar-refractivity contribution in [1.29, 1.82) is 0 Å². The van der Waals surface area contributed by atoms with E-state index in [-0.39, 0.29) is 11.6 Å². The predicted octanol–water partition coefficient (Wildman–Crippen LogP) is 1.77. The van der Waals surface area contributed by atoms with E-state index in [1.807, 2.05) is 0 Å². The summed E-state index contributed by atoms with van der Waals surface area (Å²) >= 11 is 1.28. The number of aryl methyl sites for hydroxylation is 1. The average Bonchev–Trinajstić information content (AvgIpc) is 3.16. The monoisotopic (exact) mass is 473 g/mol. The molecule has 0 aliphatic rings. The summed E-state index contributed by atoms with van der Waals surface area (Å²) in [6, 6.07) is 1.43. The molecule has 0 atom stereocenters. The standard InChI is InChI=1S/C17H18F3N7O4S/c18-17(19,20)8-24-15(21)26-11-3-4-22-16(27-11)32-5-1-2-9-7-23-13(25-9)10(14(30)31)6-12(28)29/h3-4,6-7H,1-2,5,8H2,(H,23,25)(H,28,29)(H,30,31)(H3,21,22,24,26,27)/b10-6-. The molecule has 0 aliphatic carbocycles. The second kappa shape index (κ2) is 11.1. The van der Waals surface area contributed by atoms with Crippen molar-refractivity contribution in [2.45, 2.75) is 24.2 Å². The number of aromatic amines is 1. The number of anilines is 1. The fraction of sp³-hybridized carbons (Fsp3) is 0.294. The topological polar surface area (TPSA) is 179 Å². The predicted molar refractivity (Wildman–Crippen MR) is 109 cm³/mol. The van der Waals surface area contributed by atoms with Crippen molar-refractivity contribution in [1.82, 2.24) is 19.9 Å². The minimum Gasteiger partial charge on any atom is -0.478 e. The van der Waals surface area contributed by atoms with Crippen LogP contribution in [0.25, 0.3) is 5.57 Å². The molecule has 2 rings (SSSR count). The number of aromatic nitrogens is 4. The highest BCUT2D eigenvalue weighted by Gasteiger charge is 2.26. The van der Waals surface area contributed by atoms with Crippen LogP contribution in [0.2, 0.25) is 0 Å².